The van der Waals surface area contributed by atoms with E-state index in [1.807, 2.05) is 12.1 Å². The molecule has 0 spiro atoms. The molecule has 21 heavy (non-hydrogen) atoms. The van der Waals surface area contributed by atoms with E-state index in [9.17, 15) is 4.39 Å². The highest BCUT2D eigenvalue weighted by molar-refractivity contribution is 5.23. The highest BCUT2D eigenvalue weighted by Gasteiger charge is 2.29. The molecule has 1 aromatic rings. The Hall–Kier alpha value is -0.970. The molecule has 0 radical (unpaired) electrons. The van der Waals surface area contributed by atoms with Crippen LogP contribution in [0.2, 0.25) is 0 Å². The normalized spacial score (nSPS) is 22.7. The van der Waals surface area contributed by atoms with Crippen LogP contribution in [-0.4, -0.2) is 49.1 Å². The molecule has 1 aromatic carbocycles. The van der Waals surface area contributed by atoms with E-state index in [1.54, 1.807) is 6.07 Å². The molecule has 3 nitrogen and oxygen atoms in total. The summed E-state index contributed by atoms with van der Waals surface area (Å²) in [5, 5.41) is 0. The molecular formula is C17H28FN3. The number of hydrogen-bond donors (Lipinski definition) is 1. The van der Waals surface area contributed by atoms with Crippen LogP contribution in [0, 0.1) is 5.82 Å². The van der Waals surface area contributed by atoms with Gasteiger partial charge in [0.1, 0.15) is 5.82 Å². The molecule has 2 N–H and O–H groups in total. The quantitative estimate of drug-likeness (QED) is 0.875. The van der Waals surface area contributed by atoms with Crippen molar-refractivity contribution in [2.75, 3.05) is 27.2 Å². The van der Waals surface area contributed by atoms with Crippen LogP contribution in [0.1, 0.15) is 37.8 Å². The Morgan fingerprint density at radius 1 is 1.43 bits per heavy atom. The Kier molecular flexibility index (Phi) is 5.73. The summed E-state index contributed by atoms with van der Waals surface area (Å²) >= 11 is 0. The zero-order valence-electron chi connectivity index (χ0n) is 13.4. The van der Waals surface area contributed by atoms with E-state index in [-0.39, 0.29) is 17.9 Å². The number of benzene rings is 1. The lowest BCUT2D eigenvalue weighted by Crippen LogP contribution is -2.44. The van der Waals surface area contributed by atoms with Crippen molar-refractivity contribution in [3.63, 3.8) is 0 Å². The van der Waals surface area contributed by atoms with Crippen molar-refractivity contribution < 1.29 is 4.39 Å². The Morgan fingerprint density at radius 3 is 2.71 bits per heavy atom. The van der Waals surface area contributed by atoms with Crippen LogP contribution in [0.15, 0.2) is 24.3 Å². The van der Waals surface area contributed by atoms with Crippen molar-refractivity contribution in [2.45, 2.75) is 44.3 Å². The number of nitrogens with zero attached hydrogens (tertiary/aromatic N) is 2. The maximum atomic E-state index is 14.2. The second-order valence-electron chi connectivity index (χ2n) is 6.25. The van der Waals surface area contributed by atoms with E-state index < -0.39 is 0 Å². The summed E-state index contributed by atoms with van der Waals surface area (Å²) < 4.78 is 14.2. The van der Waals surface area contributed by atoms with Crippen molar-refractivity contribution in [3.05, 3.63) is 35.6 Å². The maximum Gasteiger partial charge on any atom is 0.128 e. The van der Waals surface area contributed by atoms with Crippen LogP contribution in [0.4, 0.5) is 4.39 Å². The smallest absolute Gasteiger partial charge is 0.128 e. The standard InChI is InChI=1S/C17H28FN3/c1-4-16(19)17(14-9-5-6-10-15(14)18)21(3)12-13-8-7-11-20(13)2/h5-6,9-10,13,16-17H,4,7-8,11-12,19H2,1-3H3. The third-order valence-electron chi connectivity index (χ3n) is 4.75. The minimum Gasteiger partial charge on any atom is -0.326 e. The zero-order chi connectivity index (χ0) is 15.4. The summed E-state index contributed by atoms with van der Waals surface area (Å²) in [4.78, 5) is 4.63. The molecule has 4 heteroatoms. The molecule has 2 rings (SSSR count). The molecule has 1 aliphatic rings. The van der Waals surface area contributed by atoms with Gasteiger partial charge < -0.3 is 10.6 Å². The molecule has 0 aromatic heterocycles. The Labute approximate surface area is 127 Å². The van der Waals surface area contributed by atoms with E-state index in [1.165, 1.54) is 18.9 Å². The van der Waals surface area contributed by atoms with Gasteiger partial charge in [0.2, 0.25) is 0 Å². The van der Waals surface area contributed by atoms with Gasteiger partial charge in [0.05, 0.1) is 6.04 Å². The lowest BCUT2D eigenvalue weighted by molar-refractivity contribution is 0.155. The van der Waals surface area contributed by atoms with Crippen LogP contribution in [0.3, 0.4) is 0 Å². The lowest BCUT2D eigenvalue weighted by atomic mass is 9.95. The van der Waals surface area contributed by atoms with Crippen LogP contribution >= 0.6 is 0 Å². The second kappa shape index (κ2) is 7.34. The van der Waals surface area contributed by atoms with Crippen LogP contribution in [0.5, 0.6) is 0 Å². The van der Waals surface area contributed by atoms with E-state index in [4.69, 9.17) is 5.73 Å². The minimum atomic E-state index is -0.155. The van der Waals surface area contributed by atoms with Crippen LogP contribution < -0.4 is 5.73 Å². The van der Waals surface area contributed by atoms with Gasteiger partial charge in [-0.3, -0.25) is 4.90 Å². The summed E-state index contributed by atoms with van der Waals surface area (Å²) in [6, 6.07) is 7.45. The SMILES string of the molecule is CCC(N)C(c1ccccc1F)N(C)CC1CCCN1C. The first-order valence-electron chi connectivity index (χ1n) is 7.95. The van der Waals surface area contributed by atoms with E-state index in [0.717, 1.165) is 25.1 Å². The lowest BCUT2D eigenvalue weighted by Gasteiger charge is -2.35. The van der Waals surface area contributed by atoms with Gasteiger partial charge in [-0.25, -0.2) is 4.39 Å². The number of nitrogens with two attached hydrogens (primary N) is 1. The van der Waals surface area contributed by atoms with Crippen molar-refractivity contribution in [1.82, 2.24) is 9.80 Å². The number of likely N-dealkylation sites (tertiary alicyclic amines) is 1. The molecule has 0 bridgehead atoms. The Balaban J connectivity index is 2.17. The number of hydrogen-bond acceptors (Lipinski definition) is 3. The zero-order valence-corrected chi connectivity index (χ0v) is 13.4. The summed E-state index contributed by atoms with van der Waals surface area (Å²) in [6.07, 6.45) is 3.30. The molecule has 0 aliphatic carbocycles. The fourth-order valence-electron chi connectivity index (χ4n) is 3.39. The van der Waals surface area contributed by atoms with Gasteiger partial charge in [0.15, 0.2) is 0 Å². The molecule has 1 heterocycles. The summed E-state index contributed by atoms with van der Waals surface area (Å²) in [7, 11) is 4.24. The van der Waals surface area contributed by atoms with E-state index in [0.29, 0.717) is 6.04 Å². The van der Waals surface area contributed by atoms with Gasteiger partial charge in [-0.05, 0) is 46.0 Å². The molecule has 3 unspecified atom stereocenters. The molecule has 0 amide bonds. The summed E-state index contributed by atoms with van der Waals surface area (Å²) in [6.45, 7) is 4.15. The van der Waals surface area contributed by atoms with Crippen LogP contribution in [-0.2, 0) is 0 Å². The first-order chi connectivity index (χ1) is 10.0. The Bertz CT molecular complexity index is 451. The fraction of sp³-hybridized carbons (Fsp3) is 0.647. The van der Waals surface area contributed by atoms with Crippen molar-refractivity contribution >= 4 is 0 Å². The third-order valence-corrected chi connectivity index (χ3v) is 4.75. The maximum absolute atomic E-state index is 14.2. The topological polar surface area (TPSA) is 32.5 Å². The average Bonchev–Trinajstić information content (AvgIpc) is 2.86. The van der Waals surface area contributed by atoms with Gasteiger partial charge in [-0.15, -0.1) is 0 Å². The molecule has 0 saturated carbocycles. The highest BCUT2D eigenvalue weighted by atomic mass is 19.1. The number of likely N-dealkylation sites (N-methyl/N-ethyl adjacent to an activating group) is 2. The first-order valence-corrected chi connectivity index (χ1v) is 7.95. The molecule has 1 aliphatic heterocycles. The monoisotopic (exact) mass is 293 g/mol. The molecular weight excluding hydrogens is 265 g/mol. The summed E-state index contributed by atoms with van der Waals surface area (Å²) in [5.41, 5.74) is 7.02. The van der Waals surface area contributed by atoms with Gasteiger partial charge in [0, 0.05) is 24.2 Å². The third kappa shape index (κ3) is 3.82. The van der Waals surface area contributed by atoms with Gasteiger partial charge >= 0.3 is 0 Å². The predicted molar refractivity (Wildman–Crippen MR) is 85.7 cm³/mol. The second-order valence-corrected chi connectivity index (χ2v) is 6.25. The largest absolute Gasteiger partial charge is 0.326 e. The molecule has 3 atom stereocenters. The summed E-state index contributed by atoms with van der Waals surface area (Å²) in [5.74, 6) is -0.155. The number of rotatable bonds is 6. The van der Waals surface area contributed by atoms with Crippen molar-refractivity contribution in [3.8, 4) is 0 Å². The van der Waals surface area contributed by atoms with Gasteiger partial charge in [-0.1, -0.05) is 25.1 Å². The van der Waals surface area contributed by atoms with E-state index in [2.05, 4.69) is 30.8 Å². The first kappa shape index (κ1) is 16.4. The molecule has 118 valence electrons. The fourth-order valence-corrected chi connectivity index (χ4v) is 3.39. The van der Waals surface area contributed by atoms with Gasteiger partial charge in [-0.2, -0.15) is 0 Å². The Morgan fingerprint density at radius 2 is 2.14 bits per heavy atom. The van der Waals surface area contributed by atoms with E-state index >= 15 is 0 Å². The molecule has 1 fully saturated rings. The highest BCUT2D eigenvalue weighted by Crippen LogP contribution is 2.28. The molecule has 1 saturated heterocycles. The number of halogens is 1. The minimum absolute atomic E-state index is 0.0568. The van der Waals surface area contributed by atoms with Crippen LogP contribution in [0.25, 0.3) is 0 Å². The van der Waals surface area contributed by atoms with Crippen molar-refractivity contribution in [2.24, 2.45) is 5.73 Å². The van der Waals surface area contributed by atoms with Crippen molar-refractivity contribution in [1.29, 1.82) is 0 Å². The van der Waals surface area contributed by atoms with Gasteiger partial charge in [0.25, 0.3) is 0 Å². The average molecular weight is 293 g/mol. The predicted octanol–water partition coefficient (Wildman–Crippen LogP) is 2.63.